The highest BCUT2D eigenvalue weighted by Crippen LogP contribution is 2.32. The summed E-state index contributed by atoms with van der Waals surface area (Å²) in [4.78, 5) is 11.7. The largest absolute Gasteiger partial charge is 0.462 e. The van der Waals surface area contributed by atoms with Gasteiger partial charge >= 0.3 is 5.97 Å². The fourth-order valence-electron chi connectivity index (χ4n) is 2.40. The smallest absolute Gasteiger partial charge is 0.338 e. The molecule has 2 N–H and O–H groups in total. The monoisotopic (exact) mass is 403 g/mol. The van der Waals surface area contributed by atoms with Gasteiger partial charge in [0.2, 0.25) is 0 Å². The maximum Gasteiger partial charge on any atom is 0.338 e. The number of aliphatic hydroxyl groups is 1. The molecular weight excluding hydrogens is 387 g/mol. The van der Waals surface area contributed by atoms with E-state index in [0.29, 0.717) is 5.56 Å². The van der Waals surface area contributed by atoms with Crippen LogP contribution in [-0.2, 0) is 11.3 Å². The van der Waals surface area contributed by atoms with Crippen molar-refractivity contribution in [1.82, 2.24) is 5.32 Å². The van der Waals surface area contributed by atoms with Crippen molar-refractivity contribution in [3.05, 3.63) is 68.7 Å². The van der Waals surface area contributed by atoms with Crippen molar-refractivity contribution < 1.29 is 23.4 Å². The number of ether oxygens (including phenoxy) is 1. The van der Waals surface area contributed by atoms with Gasteiger partial charge < -0.3 is 15.2 Å². The SMILES string of the molecule is CCOC(=O)c1cc(Cl)c(C(O)CNCc2cc(F)cc(F)c2)c(Cl)c1. The summed E-state index contributed by atoms with van der Waals surface area (Å²) in [5.41, 5.74) is 0.824. The summed E-state index contributed by atoms with van der Waals surface area (Å²) in [6, 6.07) is 5.90. The van der Waals surface area contributed by atoms with Crippen LogP contribution in [0.25, 0.3) is 0 Å². The number of rotatable bonds is 7. The Kier molecular flexibility index (Phi) is 7.34. The summed E-state index contributed by atoms with van der Waals surface area (Å²) >= 11 is 12.3. The number of benzene rings is 2. The van der Waals surface area contributed by atoms with Gasteiger partial charge in [-0.2, -0.15) is 0 Å². The lowest BCUT2D eigenvalue weighted by atomic mass is 10.1. The van der Waals surface area contributed by atoms with E-state index in [-0.39, 0.29) is 40.9 Å². The number of aliphatic hydroxyl groups excluding tert-OH is 1. The Labute approximate surface area is 159 Å². The first-order valence-corrected chi connectivity index (χ1v) is 8.57. The van der Waals surface area contributed by atoms with Crippen LogP contribution in [0.5, 0.6) is 0 Å². The lowest BCUT2D eigenvalue weighted by molar-refractivity contribution is 0.0526. The van der Waals surface area contributed by atoms with Gasteiger partial charge in [0.1, 0.15) is 11.6 Å². The first-order valence-electron chi connectivity index (χ1n) is 7.81. The molecule has 2 aromatic carbocycles. The molecule has 2 rings (SSSR count). The topological polar surface area (TPSA) is 58.6 Å². The van der Waals surface area contributed by atoms with Crippen LogP contribution in [0.4, 0.5) is 8.78 Å². The molecule has 4 nitrogen and oxygen atoms in total. The van der Waals surface area contributed by atoms with Gasteiger partial charge in [0.25, 0.3) is 0 Å². The zero-order valence-corrected chi connectivity index (χ0v) is 15.4. The maximum atomic E-state index is 13.2. The second kappa shape index (κ2) is 9.28. The Morgan fingerprint density at radius 2 is 1.73 bits per heavy atom. The second-order valence-corrected chi connectivity index (χ2v) is 6.31. The summed E-state index contributed by atoms with van der Waals surface area (Å²) < 4.78 is 31.2. The van der Waals surface area contributed by atoms with E-state index in [1.54, 1.807) is 6.92 Å². The van der Waals surface area contributed by atoms with Crippen molar-refractivity contribution in [2.45, 2.75) is 19.6 Å². The molecule has 0 fully saturated rings. The molecule has 8 heteroatoms. The molecule has 0 aliphatic carbocycles. The quantitative estimate of drug-likeness (QED) is 0.677. The van der Waals surface area contributed by atoms with Crippen molar-refractivity contribution in [2.75, 3.05) is 13.2 Å². The second-order valence-electron chi connectivity index (χ2n) is 5.50. The molecule has 0 radical (unpaired) electrons. The Morgan fingerprint density at radius 3 is 2.27 bits per heavy atom. The number of hydrogen-bond acceptors (Lipinski definition) is 4. The van der Waals surface area contributed by atoms with Crippen LogP contribution < -0.4 is 5.32 Å². The van der Waals surface area contributed by atoms with Gasteiger partial charge in [-0.15, -0.1) is 0 Å². The van der Waals surface area contributed by atoms with Gasteiger partial charge in [0.15, 0.2) is 0 Å². The third kappa shape index (κ3) is 5.38. The lowest BCUT2D eigenvalue weighted by Gasteiger charge is -2.16. The predicted molar refractivity (Wildman–Crippen MR) is 95.4 cm³/mol. The molecule has 0 amide bonds. The molecule has 2 aromatic rings. The Balaban J connectivity index is 2.04. The van der Waals surface area contributed by atoms with Gasteiger partial charge in [-0.1, -0.05) is 23.2 Å². The average molecular weight is 404 g/mol. The molecule has 0 bridgehead atoms. The van der Waals surface area contributed by atoms with Gasteiger partial charge in [0, 0.05) is 34.8 Å². The number of hydrogen-bond donors (Lipinski definition) is 2. The average Bonchev–Trinajstić information content (AvgIpc) is 2.53. The summed E-state index contributed by atoms with van der Waals surface area (Å²) in [6.45, 7) is 2.07. The van der Waals surface area contributed by atoms with Crippen molar-refractivity contribution in [3.63, 3.8) is 0 Å². The molecule has 1 atom stereocenters. The van der Waals surface area contributed by atoms with Crippen LogP contribution in [0.2, 0.25) is 10.0 Å². The van der Waals surface area contributed by atoms with Crippen LogP contribution in [0.15, 0.2) is 30.3 Å². The van der Waals surface area contributed by atoms with Crippen molar-refractivity contribution in [1.29, 1.82) is 0 Å². The minimum Gasteiger partial charge on any atom is -0.462 e. The summed E-state index contributed by atoms with van der Waals surface area (Å²) in [5.74, 6) is -1.92. The zero-order chi connectivity index (χ0) is 19.3. The lowest BCUT2D eigenvalue weighted by Crippen LogP contribution is -2.22. The van der Waals surface area contributed by atoms with Crippen LogP contribution in [0.3, 0.4) is 0 Å². The van der Waals surface area contributed by atoms with E-state index in [1.165, 1.54) is 24.3 Å². The molecular formula is C18H17Cl2F2NO3. The van der Waals surface area contributed by atoms with Crippen molar-refractivity contribution >= 4 is 29.2 Å². The number of esters is 1. The molecule has 0 aliphatic rings. The minimum absolute atomic E-state index is 0.0380. The number of nitrogens with one attached hydrogen (secondary N) is 1. The van der Waals surface area contributed by atoms with E-state index in [0.717, 1.165) is 6.07 Å². The molecule has 0 aromatic heterocycles. The number of carbonyl (C=O) groups is 1. The van der Waals surface area contributed by atoms with Crippen molar-refractivity contribution in [3.8, 4) is 0 Å². The first kappa shape index (κ1) is 20.6. The number of halogens is 4. The fraction of sp³-hybridized carbons (Fsp3) is 0.278. The van der Waals surface area contributed by atoms with E-state index in [9.17, 15) is 18.7 Å². The molecule has 140 valence electrons. The van der Waals surface area contributed by atoms with Crippen LogP contribution in [-0.4, -0.2) is 24.2 Å². The molecule has 1 unspecified atom stereocenters. The van der Waals surface area contributed by atoms with Gasteiger partial charge in [-0.3, -0.25) is 0 Å². The molecule has 0 heterocycles. The van der Waals surface area contributed by atoms with Gasteiger partial charge in [0.05, 0.1) is 18.3 Å². The van der Waals surface area contributed by atoms with E-state index in [1.807, 2.05) is 0 Å². The van der Waals surface area contributed by atoms with Crippen LogP contribution >= 0.6 is 23.2 Å². The van der Waals surface area contributed by atoms with Gasteiger partial charge in [-0.05, 0) is 36.8 Å². The van der Waals surface area contributed by atoms with Crippen molar-refractivity contribution in [2.24, 2.45) is 0 Å². The van der Waals surface area contributed by atoms with Crippen LogP contribution in [0, 0.1) is 11.6 Å². The van der Waals surface area contributed by atoms with Gasteiger partial charge in [-0.25, -0.2) is 13.6 Å². The standard InChI is InChI=1S/C18H17Cl2F2NO3/c1-2-26-18(25)11-5-14(19)17(15(20)6-11)16(24)9-23-8-10-3-12(21)7-13(22)4-10/h3-7,16,23-24H,2,8-9H2,1H3. The first-order chi connectivity index (χ1) is 12.3. The Morgan fingerprint density at radius 1 is 1.15 bits per heavy atom. The highest BCUT2D eigenvalue weighted by atomic mass is 35.5. The number of carbonyl (C=O) groups excluding carboxylic acids is 1. The zero-order valence-electron chi connectivity index (χ0n) is 13.9. The van der Waals surface area contributed by atoms with E-state index < -0.39 is 23.7 Å². The molecule has 0 saturated heterocycles. The van der Waals surface area contributed by atoms with E-state index in [4.69, 9.17) is 27.9 Å². The molecule has 0 saturated carbocycles. The Bertz CT molecular complexity index is 759. The molecule has 0 aliphatic heterocycles. The maximum absolute atomic E-state index is 13.2. The van der Waals surface area contributed by atoms with Crippen LogP contribution in [0.1, 0.15) is 34.5 Å². The molecule has 26 heavy (non-hydrogen) atoms. The Hall–Kier alpha value is -1.73. The third-order valence-electron chi connectivity index (χ3n) is 3.51. The summed E-state index contributed by atoms with van der Waals surface area (Å²) in [7, 11) is 0. The third-order valence-corrected chi connectivity index (χ3v) is 4.14. The molecule has 0 spiro atoms. The highest BCUT2D eigenvalue weighted by molar-refractivity contribution is 6.36. The van der Waals surface area contributed by atoms with E-state index in [2.05, 4.69) is 5.32 Å². The summed E-state index contributed by atoms with van der Waals surface area (Å²) in [5, 5.41) is 13.4. The minimum atomic E-state index is -1.08. The predicted octanol–water partition coefficient (Wildman–Crippen LogP) is 4.27. The summed E-state index contributed by atoms with van der Waals surface area (Å²) in [6.07, 6.45) is -1.08. The normalized spacial score (nSPS) is 12.1. The fourth-order valence-corrected chi connectivity index (χ4v) is 3.14. The highest BCUT2D eigenvalue weighted by Gasteiger charge is 2.19. The van der Waals surface area contributed by atoms with E-state index >= 15 is 0 Å².